The fourth-order valence-corrected chi connectivity index (χ4v) is 7.62. The van der Waals surface area contributed by atoms with Crippen LogP contribution in [0.1, 0.15) is 219 Å². The maximum absolute atomic E-state index is 12.9. The number of nitrogens with one attached hydrogen (secondary N) is 1. The molecular weight excluding hydrogens is 719 g/mol. The van der Waals surface area contributed by atoms with E-state index in [-0.39, 0.29) is 19.1 Å². The number of likely N-dealkylation sites (N-methyl/N-ethyl adjacent to an activating group) is 1. The Kier molecular flexibility index (Phi) is 38.7. The number of nitrogens with zero attached hydrogens (tertiary/aromatic N) is 1. The van der Waals surface area contributed by atoms with Gasteiger partial charge < -0.3 is 19.8 Å². The minimum absolute atomic E-state index is 0.0583. The zero-order valence-electron chi connectivity index (χ0n) is 37.6. The molecule has 3 atom stereocenters. The zero-order valence-corrected chi connectivity index (χ0v) is 38.5. The molecule has 0 fully saturated rings. The van der Waals surface area contributed by atoms with Gasteiger partial charge in [-0.1, -0.05) is 205 Å². The van der Waals surface area contributed by atoms with Gasteiger partial charge in [0.25, 0.3) is 0 Å². The number of carbonyl (C=O) groups excluding carboxylic acids is 1. The predicted octanol–water partition coefficient (Wildman–Crippen LogP) is 13.3. The maximum Gasteiger partial charge on any atom is 0.472 e. The number of carbonyl (C=O) groups is 1. The molecule has 0 aromatic heterocycles. The second kappa shape index (κ2) is 39.4. The third-order valence-electron chi connectivity index (χ3n) is 10.7. The summed E-state index contributed by atoms with van der Waals surface area (Å²) >= 11 is 0. The lowest BCUT2D eigenvalue weighted by atomic mass is 10.0. The summed E-state index contributed by atoms with van der Waals surface area (Å²) in [6.45, 7) is 4.81. The molecule has 56 heavy (non-hydrogen) atoms. The van der Waals surface area contributed by atoms with Crippen molar-refractivity contribution in [1.29, 1.82) is 0 Å². The molecule has 0 aliphatic carbocycles. The van der Waals surface area contributed by atoms with Crippen LogP contribution in [0.15, 0.2) is 24.3 Å². The zero-order chi connectivity index (χ0) is 41.4. The smallest absolute Gasteiger partial charge is 0.387 e. The van der Waals surface area contributed by atoms with Gasteiger partial charge in [-0.2, -0.15) is 0 Å². The highest BCUT2D eigenvalue weighted by Crippen LogP contribution is 2.43. The van der Waals surface area contributed by atoms with E-state index in [1.807, 2.05) is 27.2 Å². The Morgan fingerprint density at radius 1 is 0.589 bits per heavy atom. The lowest BCUT2D eigenvalue weighted by molar-refractivity contribution is -0.870. The van der Waals surface area contributed by atoms with E-state index in [1.165, 1.54) is 161 Å². The summed E-state index contributed by atoms with van der Waals surface area (Å²) in [5.41, 5.74) is 0. The van der Waals surface area contributed by atoms with Gasteiger partial charge >= 0.3 is 7.82 Å². The average Bonchev–Trinajstić information content (AvgIpc) is 3.15. The lowest BCUT2D eigenvalue weighted by Gasteiger charge is -2.25. The van der Waals surface area contributed by atoms with Gasteiger partial charge in [0.15, 0.2) is 0 Å². The summed E-state index contributed by atoms with van der Waals surface area (Å²) in [6.07, 6.45) is 46.8. The number of phosphoric acid groups is 1. The number of aliphatic hydroxyl groups is 1. The van der Waals surface area contributed by atoms with Gasteiger partial charge in [-0.05, 0) is 32.1 Å². The number of amides is 1. The van der Waals surface area contributed by atoms with E-state index < -0.39 is 20.0 Å². The Morgan fingerprint density at radius 2 is 0.982 bits per heavy atom. The predicted molar refractivity (Wildman–Crippen MR) is 240 cm³/mol. The van der Waals surface area contributed by atoms with Crippen LogP contribution < -0.4 is 5.32 Å². The number of phosphoric ester groups is 1. The first-order chi connectivity index (χ1) is 27.0. The first-order valence-electron chi connectivity index (χ1n) is 23.7. The van der Waals surface area contributed by atoms with E-state index in [2.05, 4.69) is 31.3 Å². The Bertz CT molecular complexity index is 969. The highest BCUT2D eigenvalue weighted by atomic mass is 31.2. The van der Waals surface area contributed by atoms with Crippen molar-refractivity contribution >= 4 is 13.7 Å². The molecule has 0 saturated carbocycles. The van der Waals surface area contributed by atoms with Crippen molar-refractivity contribution < 1.29 is 32.9 Å². The molecule has 0 bridgehead atoms. The van der Waals surface area contributed by atoms with Crippen molar-refractivity contribution in [2.45, 2.75) is 231 Å². The number of aliphatic hydroxyl groups excluding tert-OH is 1. The summed E-state index contributed by atoms with van der Waals surface area (Å²) in [4.78, 5) is 23.1. The van der Waals surface area contributed by atoms with Crippen molar-refractivity contribution in [3.8, 4) is 0 Å². The van der Waals surface area contributed by atoms with E-state index in [0.29, 0.717) is 17.4 Å². The van der Waals surface area contributed by atoms with Crippen LogP contribution >= 0.6 is 7.82 Å². The summed E-state index contributed by atoms with van der Waals surface area (Å²) in [7, 11) is 1.56. The fraction of sp³-hybridized carbons (Fsp3) is 0.894. The summed E-state index contributed by atoms with van der Waals surface area (Å²) in [6, 6.07) is -0.858. The van der Waals surface area contributed by atoms with E-state index in [9.17, 15) is 19.4 Å². The minimum atomic E-state index is -4.34. The molecular formula is C47H94N2O6P+. The number of rotatable bonds is 43. The molecule has 9 heteroatoms. The first kappa shape index (κ1) is 55.0. The molecule has 0 aromatic rings. The largest absolute Gasteiger partial charge is 0.472 e. The monoisotopic (exact) mass is 814 g/mol. The van der Waals surface area contributed by atoms with Crippen molar-refractivity contribution in [2.24, 2.45) is 0 Å². The van der Waals surface area contributed by atoms with E-state index in [0.717, 1.165) is 38.5 Å². The fourth-order valence-electron chi connectivity index (χ4n) is 6.88. The topological polar surface area (TPSA) is 105 Å². The van der Waals surface area contributed by atoms with Gasteiger partial charge in [0, 0.05) is 6.42 Å². The number of allylic oxidation sites excluding steroid dienone is 3. The number of hydrogen-bond acceptors (Lipinski definition) is 5. The summed E-state index contributed by atoms with van der Waals surface area (Å²) in [5, 5.41) is 13.8. The minimum Gasteiger partial charge on any atom is -0.387 e. The van der Waals surface area contributed by atoms with Gasteiger partial charge in [0.2, 0.25) is 5.91 Å². The molecule has 0 radical (unpaired) electrons. The molecule has 0 heterocycles. The Hall–Kier alpha value is -1.02. The Balaban J connectivity index is 4.40. The van der Waals surface area contributed by atoms with E-state index in [4.69, 9.17) is 9.05 Å². The van der Waals surface area contributed by atoms with Crippen LogP contribution in [-0.4, -0.2) is 73.4 Å². The van der Waals surface area contributed by atoms with Gasteiger partial charge in [-0.25, -0.2) is 4.57 Å². The van der Waals surface area contributed by atoms with Gasteiger partial charge in [0.1, 0.15) is 13.2 Å². The molecule has 0 aliphatic rings. The lowest BCUT2D eigenvalue weighted by Crippen LogP contribution is -2.45. The van der Waals surface area contributed by atoms with Crippen LogP contribution in [0, 0.1) is 0 Å². The molecule has 0 aromatic carbocycles. The van der Waals surface area contributed by atoms with Crippen LogP contribution in [0.2, 0.25) is 0 Å². The SMILES string of the molecule is CCCCCCCCCCCCCCCC/C=C/CC/C=C/C(O)C(COP(=O)(O)OCC[N+](C)(C)C)NC(=O)CCCCCCCCCCCCCCCC. The third-order valence-corrected chi connectivity index (χ3v) is 11.7. The van der Waals surface area contributed by atoms with Crippen LogP contribution in [0.25, 0.3) is 0 Å². The third kappa shape index (κ3) is 41.2. The van der Waals surface area contributed by atoms with Crippen LogP contribution in [0.5, 0.6) is 0 Å². The van der Waals surface area contributed by atoms with Gasteiger partial charge in [-0.3, -0.25) is 13.8 Å². The van der Waals surface area contributed by atoms with E-state index >= 15 is 0 Å². The van der Waals surface area contributed by atoms with E-state index in [1.54, 1.807) is 6.08 Å². The van der Waals surface area contributed by atoms with Gasteiger partial charge in [-0.15, -0.1) is 0 Å². The molecule has 3 N–H and O–H groups in total. The normalized spacial score (nSPS) is 14.5. The van der Waals surface area contributed by atoms with Crippen LogP contribution in [0.3, 0.4) is 0 Å². The second-order valence-electron chi connectivity index (χ2n) is 17.5. The average molecular weight is 814 g/mol. The number of quaternary nitrogens is 1. The highest BCUT2D eigenvalue weighted by molar-refractivity contribution is 7.47. The van der Waals surface area contributed by atoms with Crippen molar-refractivity contribution in [1.82, 2.24) is 5.32 Å². The molecule has 0 spiro atoms. The highest BCUT2D eigenvalue weighted by Gasteiger charge is 2.27. The molecule has 1 amide bonds. The summed E-state index contributed by atoms with van der Waals surface area (Å²) in [5.74, 6) is -0.185. The standard InChI is InChI=1S/C47H93N2O6P/c1-6-8-10-12-14-16-18-20-22-23-24-25-26-27-28-30-32-34-36-38-40-46(50)45(44-55-56(52,53)54-43-42-49(3,4)5)48-47(51)41-39-37-35-33-31-29-21-19-17-15-13-11-9-7-2/h30,32,38,40,45-46,50H,6-29,31,33-37,39,41-44H2,1-5H3,(H-,48,51,52,53)/p+1/b32-30+,40-38+. The van der Waals surface area contributed by atoms with Crippen molar-refractivity contribution in [3.63, 3.8) is 0 Å². The first-order valence-corrected chi connectivity index (χ1v) is 25.2. The number of hydrogen-bond donors (Lipinski definition) is 3. The molecule has 0 aliphatic heterocycles. The van der Waals surface area contributed by atoms with Gasteiger partial charge in [0.05, 0.1) is 39.9 Å². The van der Waals surface area contributed by atoms with Crippen LogP contribution in [0.4, 0.5) is 0 Å². The molecule has 8 nitrogen and oxygen atoms in total. The van der Waals surface area contributed by atoms with Crippen LogP contribution in [-0.2, 0) is 18.4 Å². The quantitative estimate of drug-likeness (QED) is 0.0245. The Morgan fingerprint density at radius 3 is 1.43 bits per heavy atom. The molecule has 0 saturated heterocycles. The summed E-state index contributed by atoms with van der Waals surface area (Å²) < 4.78 is 23.6. The van der Waals surface area contributed by atoms with Crippen molar-refractivity contribution in [2.75, 3.05) is 40.9 Å². The molecule has 0 rings (SSSR count). The molecule has 3 unspecified atom stereocenters. The second-order valence-corrected chi connectivity index (χ2v) is 18.9. The number of unbranched alkanes of at least 4 members (excludes halogenated alkanes) is 28. The Labute approximate surface area is 347 Å². The van der Waals surface area contributed by atoms with Crippen molar-refractivity contribution in [3.05, 3.63) is 24.3 Å². The molecule has 332 valence electrons. The maximum atomic E-state index is 12.9.